The van der Waals surface area contributed by atoms with Gasteiger partial charge in [-0.3, -0.25) is 0 Å². The zero-order chi connectivity index (χ0) is 18.0. The summed E-state index contributed by atoms with van der Waals surface area (Å²) in [5.74, 6) is 1.10. The topological polar surface area (TPSA) is 33.0 Å². The van der Waals surface area contributed by atoms with E-state index < -0.39 is 0 Å². The number of allylic oxidation sites excluding steroid dienone is 4. The van der Waals surface area contributed by atoms with Crippen molar-refractivity contribution < 1.29 is 4.74 Å². The third kappa shape index (κ3) is 3.43. The van der Waals surface area contributed by atoms with Crippen molar-refractivity contribution in [1.29, 1.82) is 5.26 Å². The fourth-order valence-corrected chi connectivity index (χ4v) is 4.46. The van der Waals surface area contributed by atoms with E-state index in [2.05, 4.69) is 60.7 Å². The summed E-state index contributed by atoms with van der Waals surface area (Å²) in [6.07, 6.45) is 8.46. The number of benzene rings is 2. The standard InChI is InChI=1S/C24H23NO.CH4/c1-2-26-22-12-13-24(16-18-6-4-3-5-7-18)21(15-22)10-9-20-14-19(17-25)8-11-23(20)24;/h3-8,10-11,14-15H,2,9,12-13,16H2,1H3;1H4/t24-;/m0./s1. The second-order valence-corrected chi connectivity index (χ2v) is 7.14. The summed E-state index contributed by atoms with van der Waals surface area (Å²) in [6.45, 7) is 2.76. The van der Waals surface area contributed by atoms with Gasteiger partial charge in [-0.2, -0.15) is 5.26 Å². The van der Waals surface area contributed by atoms with E-state index in [1.807, 2.05) is 13.0 Å². The molecule has 2 heteroatoms. The Morgan fingerprint density at radius 3 is 2.70 bits per heavy atom. The minimum atomic E-state index is -0.0243. The Hall–Kier alpha value is -2.79. The van der Waals surface area contributed by atoms with Gasteiger partial charge < -0.3 is 4.74 Å². The molecule has 0 fully saturated rings. The Labute approximate surface area is 162 Å². The van der Waals surface area contributed by atoms with Crippen LogP contribution in [0.3, 0.4) is 0 Å². The molecule has 1 atom stereocenters. The molecule has 0 unspecified atom stereocenters. The minimum Gasteiger partial charge on any atom is -0.498 e. The molecular weight excluding hydrogens is 330 g/mol. The molecule has 27 heavy (non-hydrogen) atoms. The molecule has 2 aliphatic carbocycles. The smallest absolute Gasteiger partial charge is 0.0991 e. The third-order valence-corrected chi connectivity index (χ3v) is 5.64. The fraction of sp³-hybridized carbons (Fsp3) is 0.320. The Morgan fingerprint density at radius 2 is 1.96 bits per heavy atom. The summed E-state index contributed by atoms with van der Waals surface area (Å²) in [4.78, 5) is 0. The quantitative estimate of drug-likeness (QED) is 0.685. The van der Waals surface area contributed by atoms with Crippen molar-refractivity contribution in [3.63, 3.8) is 0 Å². The molecule has 2 aromatic carbocycles. The van der Waals surface area contributed by atoms with E-state index in [-0.39, 0.29) is 12.8 Å². The molecule has 0 aliphatic heterocycles. The van der Waals surface area contributed by atoms with Gasteiger partial charge in [0.1, 0.15) is 0 Å². The van der Waals surface area contributed by atoms with Crippen molar-refractivity contribution in [2.24, 2.45) is 0 Å². The van der Waals surface area contributed by atoms with E-state index in [0.29, 0.717) is 6.61 Å². The first-order valence-electron chi connectivity index (χ1n) is 9.36. The number of nitrogens with zero attached hydrogens (tertiary/aromatic N) is 1. The highest BCUT2D eigenvalue weighted by Gasteiger charge is 2.41. The summed E-state index contributed by atoms with van der Waals surface area (Å²) in [5, 5.41) is 9.27. The van der Waals surface area contributed by atoms with Gasteiger partial charge in [0.15, 0.2) is 0 Å². The predicted molar refractivity (Wildman–Crippen MR) is 110 cm³/mol. The van der Waals surface area contributed by atoms with Crippen LogP contribution < -0.4 is 0 Å². The lowest BCUT2D eigenvalue weighted by atomic mass is 9.61. The number of hydrogen-bond acceptors (Lipinski definition) is 2. The third-order valence-electron chi connectivity index (χ3n) is 5.64. The van der Waals surface area contributed by atoms with E-state index in [9.17, 15) is 5.26 Å². The highest BCUT2D eigenvalue weighted by atomic mass is 16.5. The second kappa shape index (κ2) is 7.84. The van der Waals surface area contributed by atoms with Gasteiger partial charge in [-0.15, -0.1) is 0 Å². The van der Waals surface area contributed by atoms with Crippen LogP contribution in [0.4, 0.5) is 0 Å². The average Bonchev–Trinajstić information content (AvgIpc) is 2.69. The summed E-state index contributed by atoms with van der Waals surface area (Å²) in [5.41, 5.74) is 6.11. The van der Waals surface area contributed by atoms with E-state index >= 15 is 0 Å². The molecule has 4 rings (SSSR count). The lowest BCUT2D eigenvalue weighted by Gasteiger charge is -2.43. The van der Waals surface area contributed by atoms with Crippen molar-refractivity contribution in [3.8, 4) is 6.07 Å². The zero-order valence-corrected chi connectivity index (χ0v) is 15.2. The first-order valence-corrected chi connectivity index (χ1v) is 9.36. The first kappa shape index (κ1) is 19.0. The summed E-state index contributed by atoms with van der Waals surface area (Å²) in [6, 6.07) is 19.2. The lowest BCUT2D eigenvalue weighted by Crippen LogP contribution is -2.36. The van der Waals surface area contributed by atoms with Crippen molar-refractivity contribution in [2.45, 2.75) is 45.4 Å². The maximum atomic E-state index is 9.27. The number of nitriles is 1. The van der Waals surface area contributed by atoms with E-state index in [1.165, 1.54) is 22.3 Å². The molecule has 138 valence electrons. The molecule has 2 aliphatic rings. The molecular formula is C25H27NO. The minimum absolute atomic E-state index is 0. The van der Waals surface area contributed by atoms with Crippen LogP contribution >= 0.6 is 0 Å². The van der Waals surface area contributed by atoms with E-state index in [4.69, 9.17) is 4.74 Å². The van der Waals surface area contributed by atoms with Gasteiger partial charge in [0.2, 0.25) is 0 Å². The van der Waals surface area contributed by atoms with E-state index in [1.54, 1.807) is 0 Å². The van der Waals surface area contributed by atoms with Crippen LogP contribution in [0.2, 0.25) is 0 Å². The Morgan fingerprint density at radius 1 is 1.15 bits per heavy atom. The monoisotopic (exact) mass is 357 g/mol. The van der Waals surface area contributed by atoms with Gasteiger partial charge in [0, 0.05) is 11.8 Å². The van der Waals surface area contributed by atoms with Crippen LogP contribution in [0.1, 0.15) is 49.4 Å². The molecule has 0 heterocycles. The van der Waals surface area contributed by atoms with Crippen molar-refractivity contribution in [1.82, 2.24) is 0 Å². The predicted octanol–water partition coefficient (Wildman–Crippen LogP) is 5.87. The fourth-order valence-electron chi connectivity index (χ4n) is 4.46. The Balaban J connectivity index is 0.00000210. The summed E-state index contributed by atoms with van der Waals surface area (Å²) < 4.78 is 5.83. The highest BCUT2D eigenvalue weighted by Crippen LogP contribution is 2.48. The van der Waals surface area contributed by atoms with Gasteiger partial charge in [0.05, 0.1) is 24.0 Å². The van der Waals surface area contributed by atoms with Crippen molar-refractivity contribution >= 4 is 0 Å². The Bertz CT molecular complexity index is 917. The van der Waals surface area contributed by atoms with E-state index in [0.717, 1.165) is 37.0 Å². The second-order valence-electron chi connectivity index (χ2n) is 7.14. The van der Waals surface area contributed by atoms with Crippen LogP contribution in [-0.4, -0.2) is 6.61 Å². The van der Waals surface area contributed by atoms with Gasteiger partial charge in [-0.1, -0.05) is 49.9 Å². The maximum Gasteiger partial charge on any atom is 0.0991 e. The van der Waals surface area contributed by atoms with Crippen LogP contribution in [0.5, 0.6) is 0 Å². The average molecular weight is 357 g/mol. The molecule has 0 N–H and O–H groups in total. The van der Waals surface area contributed by atoms with Gasteiger partial charge in [0.25, 0.3) is 0 Å². The van der Waals surface area contributed by atoms with Crippen molar-refractivity contribution in [3.05, 3.63) is 94.3 Å². The summed E-state index contributed by atoms with van der Waals surface area (Å²) in [7, 11) is 0. The van der Waals surface area contributed by atoms with Gasteiger partial charge in [-0.25, -0.2) is 0 Å². The molecule has 2 aromatic rings. The number of rotatable bonds is 4. The molecule has 0 radical (unpaired) electrons. The van der Waals surface area contributed by atoms with Crippen LogP contribution in [-0.2, 0) is 23.0 Å². The molecule has 0 saturated carbocycles. The molecule has 0 aromatic heterocycles. The number of hydrogen-bond donors (Lipinski definition) is 0. The zero-order valence-electron chi connectivity index (χ0n) is 15.2. The number of ether oxygens (including phenoxy) is 1. The highest BCUT2D eigenvalue weighted by molar-refractivity contribution is 5.55. The molecule has 0 bridgehead atoms. The SMILES string of the molecule is C.CCOC1=CC2=CCc3cc(C#N)ccc3[C@]2(Cc2ccccc2)CC1. The molecule has 0 saturated heterocycles. The van der Waals surface area contributed by atoms with Gasteiger partial charge >= 0.3 is 0 Å². The molecule has 0 amide bonds. The van der Waals surface area contributed by atoms with Crippen LogP contribution in [0, 0.1) is 11.3 Å². The molecule has 0 spiro atoms. The lowest BCUT2D eigenvalue weighted by molar-refractivity contribution is 0.204. The first-order chi connectivity index (χ1) is 12.7. The van der Waals surface area contributed by atoms with Crippen molar-refractivity contribution in [2.75, 3.05) is 6.61 Å². The largest absolute Gasteiger partial charge is 0.498 e. The Kier molecular flexibility index (Phi) is 5.51. The number of fused-ring (bicyclic) bond motifs is 3. The maximum absolute atomic E-state index is 9.27. The normalized spacial score (nSPS) is 20.1. The summed E-state index contributed by atoms with van der Waals surface area (Å²) >= 11 is 0. The van der Waals surface area contributed by atoms with Crippen LogP contribution in [0.15, 0.2) is 72.0 Å². The molecule has 2 nitrogen and oxygen atoms in total. The van der Waals surface area contributed by atoms with Gasteiger partial charge in [-0.05, 0) is 66.7 Å². The van der Waals surface area contributed by atoms with Crippen LogP contribution in [0.25, 0.3) is 0 Å².